The molecule has 0 bridgehead atoms. The van der Waals surface area contributed by atoms with E-state index in [1.54, 1.807) is 7.11 Å². The van der Waals surface area contributed by atoms with E-state index < -0.39 is 0 Å². The van der Waals surface area contributed by atoms with Crippen LogP contribution in [0.5, 0.6) is 5.75 Å². The maximum Gasteiger partial charge on any atom is 0.160 e. The highest BCUT2D eigenvalue weighted by molar-refractivity contribution is 8.13. The van der Waals surface area contributed by atoms with Crippen LogP contribution < -0.4 is 4.74 Å². The molecular formula is C26H30N2OS. The van der Waals surface area contributed by atoms with E-state index in [9.17, 15) is 0 Å². The molecule has 0 aromatic heterocycles. The summed E-state index contributed by atoms with van der Waals surface area (Å²) in [5, 5.41) is 1.08. The first-order chi connectivity index (χ1) is 14.7. The maximum atomic E-state index is 5.32. The summed E-state index contributed by atoms with van der Waals surface area (Å²) in [6.07, 6.45) is 0. The van der Waals surface area contributed by atoms with Gasteiger partial charge in [-0.25, -0.2) is 0 Å². The van der Waals surface area contributed by atoms with Crippen LogP contribution in [0.25, 0.3) is 0 Å². The minimum absolute atomic E-state index is 0.210. The number of hydrogen-bond acceptors (Lipinski definition) is 3. The molecule has 0 heterocycles. The lowest BCUT2D eigenvalue weighted by Crippen LogP contribution is -2.31. The molecule has 0 saturated carbocycles. The quantitative estimate of drug-likeness (QED) is 0.306. The molecule has 3 nitrogen and oxygen atoms in total. The number of benzene rings is 3. The Bertz CT molecular complexity index is 911. The Balaban J connectivity index is 1.87. The van der Waals surface area contributed by atoms with Gasteiger partial charge in [-0.15, -0.1) is 0 Å². The third kappa shape index (κ3) is 6.14. The fourth-order valence-corrected chi connectivity index (χ4v) is 4.38. The molecule has 1 atom stereocenters. The van der Waals surface area contributed by atoms with Crippen molar-refractivity contribution in [1.29, 1.82) is 0 Å². The third-order valence-electron chi connectivity index (χ3n) is 5.01. The number of thioether (sulfide) groups is 1. The molecule has 0 aliphatic rings. The second-order valence-electron chi connectivity index (χ2n) is 7.09. The van der Waals surface area contributed by atoms with Crippen molar-refractivity contribution in [2.45, 2.75) is 32.2 Å². The lowest BCUT2D eigenvalue weighted by molar-refractivity contribution is 0.335. The molecule has 30 heavy (non-hydrogen) atoms. The number of nitrogens with zero attached hydrogens (tertiary/aromatic N) is 2. The van der Waals surface area contributed by atoms with Gasteiger partial charge in [-0.2, -0.15) is 0 Å². The van der Waals surface area contributed by atoms with E-state index in [0.29, 0.717) is 0 Å². The minimum Gasteiger partial charge on any atom is -0.497 e. The van der Waals surface area contributed by atoms with Gasteiger partial charge in [0.05, 0.1) is 13.2 Å². The molecule has 0 fully saturated rings. The summed E-state index contributed by atoms with van der Waals surface area (Å²) in [6, 6.07) is 29.8. The Kier molecular flexibility index (Phi) is 8.40. The van der Waals surface area contributed by atoms with Crippen molar-refractivity contribution in [3.63, 3.8) is 0 Å². The van der Waals surface area contributed by atoms with Gasteiger partial charge in [0.1, 0.15) is 5.75 Å². The van der Waals surface area contributed by atoms with Gasteiger partial charge in [0.15, 0.2) is 5.17 Å². The van der Waals surface area contributed by atoms with Crippen LogP contribution in [-0.2, 0) is 12.3 Å². The summed E-state index contributed by atoms with van der Waals surface area (Å²) < 4.78 is 5.32. The average Bonchev–Trinajstić information content (AvgIpc) is 2.81. The van der Waals surface area contributed by atoms with Crippen LogP contribution in [0.4, 0.5) is 0 Å². The largest absolute Gasteiger partial charge is 0.497 e. The summed E-state index contributed by atoms with van der Waals surface area (Å²) >= 11 is 1.81. The second kappa shape index (κ2) is 11.5. The van der Waals surface area contributed by atoms with Crippen molar-refractivity contribution in [3.05, 3.63) is 102 Å². The Hall–Kier alpha value is -2.72. The highest BCUT2D eigenvalue weighted by Crippen LogP contribution is 2.28. The first-order valence-corrected chi connectivity index (χ1v) is 11.4. The lowest BCUT2D eigenvalue weighted by Gasteiger charge is -2.32. The average molecular weight is 419 g/mol. The van der Waals surface area contributed by atoms with Gasteiger partial charge >= 0.3 is 0 Å². The topological polar surface area (TPSA) is 24.8 Å². The van der Waals surface area contributed by atoms with E-state index in [4.69, 9.17) is 9.73 Å². The van der Waals surface area contributed by atoms with Gasteiger partial charge in [-0.3, -0.25) is 4.99 Å². The molecule has 3 aromatic rings. The highest BCUT2D eigenvalue weighted by Gasteiger charge is 2.21. The summed E-state index contributed by atoms with van der Waals surface area (Å²) in [6.45, 7) is 5.91. The van der Waals surface area contributed by atoms with Crippen molar-refractivity contribution >= 4 is 16.9 Å². The van der Waals surface area contributed by atoms with Gasteiger partial charge < -0.3 is 9.64 Å². The van der Waals surface area contributed by atoms with Crippen molar-refractivity contribution in [2.75, 3.05) is 13.7 Å². The molecule has 3 aromatic carbocycles. The molecule has 1 unspecified atom stereocenters. The highest BCUT2D eigenvalue weighted by atomic mass is 32.2. The molecule has 0 aliphatic carbocycles. The van der Waals surface area contributed by atoms with Crippen molar-refractivity contribution in [2.24, 2.45) is 4.99 Å². The van der Waals surface area contributed by atoms with Crippen molar-refractivity contribution in [1.82, 2.24) is 4.90 Å². The monoisotopic (exact) mass is 418 g/mol. The zero-order chi connectivity index (χ0) is 21.2. The Morgan fingerprint density at radius 3 is 2.13 bits per heavy atom. The normalized spacial score (nSPS) is 12.4. The SMILES string of the molecule is CCN=C(SCc1ccccc1)N(Cc1ccc(OC)cc1)C(C)c1ccccc1. The fourth-order valence-electron chi connectivity index (χ4n) is 3.29. The van der Waals surface area contributed by atoms with Crippen LogP contribution in [0.15, 0.2) is 89.9 Å². The van der Waals surface area contributed by atoms with Gasteiger partial charge in [-0.05, 0) is 42.7 Å². The van der Waals surface area contributed by atoms with E-state index in [-0.39, 0.29) is 6.04 Å². The minimum atomic E-state index is 0.210. The van der Waals surface area contributed by atoms with E-state index in [2.05, 4.69) is 91.5 Å². The van der Waals surface area contributed by atoms with Crippen LogP contribution in [0.1, 0.15) is 36.6 Å². The van der Waals surface area contributed by atoms with Crippen LogP contribution >= 0.6 is 11.8 Å². The van der Waals surface area contributed by atoms with E-state index in [1.165, 1.54) is 16.7 Å². The predicted octanol–water partition coefficient (Wildman–Crippen LogP) is 6.57. The van der Waals surface area contributed by atoms with Crippen LogP contribution in [0.3, 0.4) is 0 Å². The predicted molar refractivity (Wildman–Crippen MR) is 129 cm³/mol. The summed E-state index contributed by atoms with van der Waals surface area (Å²) in [5.74, 6) is 1.78. The number of hydrogen-bond donors (Lipinski definition) is 0. The number of methoxy groups -OCH3 is 1. The van der Waals surface area contributed by atoms with E-state index >= 15 is 0 Å². The molecule has 0 N–H and O–H groups in total. The smallest absolute Gasteiger partial charge is 0.160 e. The third-order valence-corrected chi connectivity index (χ3v) is 6.11. The number of ether oxygens (including phenoxy) is 1. The van der Waals surface area contributed by atoms with E-state index in [0.717, 1.165) is 29.8 Å². The molecule has 0 amide bonds. The number of rotatable bonds is 8. The van der Waals surface area contributed by atoms with Gasteiger partial charge in [0.2, 0.25) is 0 Å². The Morgan fingerprint density at radius 1 is 0.900 bits per heavy atom. The first-order valence-electron chi connectivity index (χ1n) is 10.4. The van der Waals surface area contributed by atoms with Crippen molar-refractivity contribution < 1.29 is 4.74 Å². The molecule has 0 spiro atoms. The Morgan fingerprint density at radius 2 is 1.53 bits per heavy atom. The van der Waals surface area contributed by atoms with Crippen LogP contribution in [0.2, 0.25) is 0 Å². The van der Waals surface area contributed by atoms with Gasteiger partial charge in [-0.1, -0.05) is 84.6 Å². The molecule has 156 valence electrons. The first kappa shape index (κ1) is 22.0. The zero-order valence-electron chi connectivity index (χ0n) is 18.0. The fraction of sp³-hybridized carbons (Fsp3) is 0.269. The summed E-state index contributed by atoms with van der Waals surface area (Å²) in [4.78, 5) is 7.31. The molecular weight excluding hydrogens is 388 g/mol. The lowest BCUT2D eigenvalue weighted by atomic mass is 10.1. The number of aliphatic imine (C=N–C) groups is 1. The van der Waals surface area contributed by atoms with Gasteiger partial charge in [0, 0.05) is 18.8 Å². The van der Waals surface area contributed by atoms with Crippen molar-refractivity contribution in [3.8, 4) is 5.75 Å². The summed E-state index contributed by atoms with van der Waals surface area (Å²) in [5.41, 5.74) is 3.83. The van der Waals surface area contributed by atoms with Crippen LogP contribution in [0, 0.1) is 0 Å². The molecule has 0 aliphatic heterocycles. The molecule has 3 rings (SSSR count). The number of amidine groups is 1. The molecule has 0 saturated heterocycles. The maximum absolute atomic E-state index is 5.32. The van der Waals surface area contributed by atoms with E-state index in [1.807, 2.05) is 23.9 Å². The molecule has 4 heteroatoms. The Labute approximate surface area is 184 Å². The molecule has 0 radical (unpaired) electrons. The van der Waals surface area contributed by atoms with Gasteiger partial charge in [0.25, 0.3) is 0 Å². The van der Waals surface area contributed by atoms with Crippen LogP contribution in [-0.4, -0.2) is 23.7 Å². The zero-order valence-corrected chi connectivity index (χ0v) is 18.8. The standard InChI is InChI=1S/C26H30N2OS/c1-4-27-26(30-20-23-11-7-5-8-12-23)28(21(2)24-13-9-6-10-14-24)19-22-15-17-25(29-3)18-16-22/h5-18,21H,4,19-20H2,1-3H3. The second-order valence-corrected chi connectivity index (χ2v) is 8.04. The summed E-state index contributed by atoms with van der Waals surface area (Å²) in [7, 11) is 1.70.